The van der Waals surface area contributed by atoms with E-state index in [9.17, 15) is 4.79 Å². The van der Waals surface area contributed by atoms with Gasteiger partial charge in [-0.2, -0.15) is 0 Å². The highest BCUT2D eigenvalue weighted by atomic mass is 16.5. The summed E-state index contributed by atoms with van der Waals surface area (Å²) in [6.07, 6.45) is 0. The third-order valence-electron chi connectivity index (χ3n) is 3.46. The maximum atomic E-state index is 12.4. The summed E-state index contributed by atoms with van der Waals surface area (Å²) in [6.45, 7) is 6.64. The van der Waals surface area contributed by atoms with Crippen molar-refractivity contribution in [1.82, 2.24) is 4.90 Å². The van der Waals surface area contributed by atoms with Crippen LogP contribution in [0.3, 0.4) is 0 Å². The number of esters is 1. The number of hydrogen-bond acceptors (Lipinski definition) is 5. The van der Waals surface area contributed by atoms with E-state index in [1.165, 1.54) is 0 Å². The van der Waals surface area contributed by atoms with Crippen LogP contribution >= 0.6 is 0 Å². The van der Waals surface area contributed by atoms with Crippen LogP contribution in [-0.4, -0.2) is 50.8 Å². The van der Waals surface area contributed by atoms with Gasteiger partial charge < -0.3 is 15.2 Å². The standard InChI is InChI=1S/C16H26N2O3/c1-4-18(11-12-20-3)13-16(17,15(19)21-5-2)14-9-7-6-8-10-14/h6-10H,4-5,11-13,17H2,1-3H3. The minimum atomic E-state index is -1.17. The van der Waals surface area contributed by atoms with E-state index in [1.54, 1.807) is 14.0 Å². The minimum Gasteiger partial charge on any atom is -0.464 e. The lowest BCUT2D eigenvalue weighted by molar-refractivity contribution is -0.151. The smallest absolute Gasteiger partial charge is 0.332 e. The second-order valence-electron chi connectivity index (χ2n) is 4.92. The van der Waals surface area contributed by atoms with E-state index in [2.05, 4.69) is 4.90 Å². The van der Waals surface area contributed by atoms with Crippen LogP contribution in [0, 0.1) is 0 Å². The molecule has 1 unspecified atom stereocenters. The lowest BCUT2D eigenvalue weighted by Gasteiger charge is -2.33. The van der Waals surface area contributed by atoms with Gasteiger partial charge in [-0.15, -0.1) is 0 Å². The molecule has 5 nitrogen and oxygen atoms in total. The fourth-order valence-electron chi connectivity index (χ4n) is 2.19. The largest absolute Gasteiger partial charge is 0.464 e. The Kier molecular flexibility index (Phi) is 7.36. The third-order valence-corrected chi connectivity index (χ3v) is 3.46. The SMILES string of the molecule is CCOC(=O)C(N)(CN(CC)CCOC)c1ccccc1. The lowest BCUT2D eigenvalue weighted by atomic mass is 9.90. The first-order valence-corrected chi connectivity index (χ1v) is 7.31. The molecule has 0 aliphatic carbocycles. The van der Waals surface area contributed by atoms with Crippen molar-refractivity contribution in [3.8, 4) is 0 Å². The summed E-state index contributed by atoms with van der Waals surface area (Å²) in [6, 6.07) is 9.38. The first kappa shape index (κ1) is 17.6. The van der Waals surface area contributed by atoms with E-state index in [0.717, 1.165) is 18.7 Å². The van der Waals surface area contributed by atoms with E-state index in [0.29, 0.717) is 19.8 Å². The van der Waals surface area contributed by atoms with Crippen LogP contribution in [0.4, 0.5) is 0 Å². The molecule has 1 atom stereocenters. The number of nitrogens with two attached hydrogens (primary N) is 1. The Bertz CT molecular complexity index is 425. The molecule has 0 aliphatic heterocycles. The molecule has 0 amide bonds. The fourth-order valence-corrected chi connectivity index (χ4v) is 2.19. The van der Waals surface area contributed by atoms with Gasteiger partial charge in [-0.25, -0.2) is 4.79 Å². The average molecular weight is 294 g/mol. The molecular weight excluding hydrogens is 268 g/mol. The predicted octanol–water partition coefficient (Wildman–Crippen LogP) is 1.37. The molecule has 118 valence electrons. The second kappa shape index (κ2) is 8.77. The maximum absolute atomic E-state index is 12.4. The molecule has 0 spiro atoms. The number of benzene rings is 1. The highest BCUT2D eigenvalue weighted by Gasteiger charge is 2.39. The van der Waals surface area contributed by atoms with Crippen molar-refractivity contribution in [2.75, 3.05) is 40.0 Å². The van der Waals surface area contributed by atoms with Gasteiger partial charge in [0, 0.05) is 20.2 Å². The van der Waals surface area contributed by atoms with Crippen molar-refractivity contribution in [3.63, 3.8) is 0 Å². The fraction of sp³-hybridized carbons (Fsp3) is 0.562. The average Bonchev–Trinajstić information content (AvgIpc) is 2.52. The number of rotatable bonds is 9. The van der Waals surface area contributed by atoms with Crippen LogP contribution in [-0.2, 0) is 19.8 Å². The Morgan fingerprint density at radius 3 is 2.48 bits per heavy atom. The highest BCUT2D eigenvalue weighted by Crippen LogP contribution is 2.21. The van der Waals surface area contributed by atoms with Gasteiger partial charge in [-0.1, -0.05) is 37.3 Å². The normalized spacial score (nSPS) is 14.0. The number of carbonyl (C=O) groups is 1. The molecule has 0 radical (unpaired) electrons. The zero-order valence-corrected chi connectivity index (χ0v) is 13.2. The van der Waals surface area contributed by atoms with Gasteiger partial charge in [-0.05, 0) is 19.0 Å². The molecule has 21 heavy (non-hydrogen) atoms. The van der Waals surface area contributed by atoms with Crippen LogP contribution in [0.2, 0.25) is 0 Å². The molecule has 0 aromatic heterocycles. The molecule has 0 heterocycles. The van der Waals surface area contributed by atoms with Crippen LogP contribution < -0.4 is 5.73 Å². The Morgan fingerprint density at radius 2 is 1.95 bits per heavy atom. The maximum Gasteiger partial charge on any atom is 0.332 e. The second-order valence-corrected chi connectivity index (χ2v) is 4.92. The number of ether oxygens (including phenoxy) is 2. The molecule has 0 fully saturated rings. The molecule has 0 saturated heterocycles. The van der Waals surface area contributed by atoms with Gasteiger partial charge in [0.05, 0.1) is 13.2 Å². The van der Waals surface area contributed by atoms with Crippen LogP contribution in [0.5, 0.6) is 0 Å². The van der Waals surface area contributed by atoms with Crippen molar-refractivity contribution in [3.05, 3.63) is 35.9 Å². The third kappa shape index (κ3) is 4.81. The summed E-state index contributed by atoms with van der Waals surface area (Å²) in [4.78, 5) is 14.5. The van der Waals surface area contributed by atoms with Crippen molar-refractivity contribution in [2.45, 2.75) is 19.4 Å². The van der Waals surface area contributed by atoms with Crippen molar-refractivity contribution in [2.24, 2.45) is 5.73 Å². The quantitative estimate of drug-likeness (QED) is 0.697. The molecule has 2 N–H and O–H groups in total. The van der Waals surface area contributed by atoms with E-state index in [1.807, 2.05) is 37.3 Å². The van der Waals surface area contributed by atoms with Gasteiger partial charge in [-0.3, -0.25) is 4.90 Å². The van der Waals surface area contributed by atoms with E-state index >= 15 is 0 Å². The van der Waals surface area contributed by atoms with Gasteiger partial charge in [0.1, 0.15) is 0 Å². The number of nitrogens with zero attached hydrogens (tertiary/aromatic N) is 1. The lowest BCUT2D eigenvalue weighted by Crippen LogP contribution is -2.54. The van der Waals surface area contributed by atoms with Crippen LogP contribution in [0.25, 0.3) is 0 Å². The zero-order chi connectivity index (χ0) is 15.7. The molecule has 1 rings (SSSR count). The Morgan fingerprint density at radius 1 is 1.29 bits per heavy atom. The van der Waals surface area contributed by atoms with Crippen molar-refractivity contribution in [1.29, 1.82) is 0 Å². The molecule has 5 heteroatoms. The van der Waals surface area contributed by atoms with Crippen LogP contribution in [0.1, 0.15) is 19.4 Å². The number of carbonyl (C=O) groups excluding carboxylic acids is 1. The monoisotopic (exact) mass is 294 g/mol. The van der Waals surface area contributed by atoms with Crippen molar-refractivity contribution >= 4 is 5.97 Å². The first-order chi connectivity index (χ1) is 10.1. The summed E-state index contributed by atoms with van der Waals surface area (Å²) in [5.74, 6) is -0.396. The minimum absolute atomic E-state index is 0.314. The molecule has 1 aromatic rings. The Balaban J connectivity index is 2.99. The molecule has 1 aromatic carbocycles. The Labute approximate surface area is 127 Å². The molecule has 0 saturated carbocycles. The number of hydrogen-bond donors (Lipinski definition) is 1. The summed E-state index contributed by atoms with van der Waals surface area (Å²) >= 11 is 0. The summed E-state index contributed by atoms with van der Waals surface area (Å²) in [5, 5.41) is 0. The topological polar surface area (TPSA) is 64.8 Å². The van der Waals surface area contributed by atoms with E-state index in [4.69, 9.17) is 15.2 Å². The molecular formula is C16H26N2O3. The van der Waals surface area contributed by atoms with Gasteiger partial charge >= 0.3 is 5.97 Å². The number of likely N-dealkylation sites (N-methyl/N-ethyl adjacent to an activating group) is 1. The first-order valence-electron chi connectivity index (χ1n) is 7.31. The van der Waals surface area contributed by atoms with Crippen LogP contribution in [0.15, 0.2) is 30.3 Å². The highest BCUT2D eigenvalue weighted by molar-refractivity contribution is 5.82. The summed E-state index contributed by atoms with van der Waals surface area (Å²) in [5.41, 5.74) is 6.04. The predicted molar refractivity (Wildman–Crippen MR) is 82.9 cm³/mol. The van der Waals surface area contributed by atoms with E-state index in [-0.39, 0.29) is 0 Å². The number of methoxy groups -OCH3 is 1. The molecule has 0 aliphatic rings. The van der Waals surface area contributed by atoms with Gasteiger partial charge in [0.25, 0.3) is 0 Å². The van der Waals surface area contributed by atoms with E-state index < -0.39 is 11.5 Å². The van der Waals surface area contributed by atoms with Gasteiger partial charge in [0.2, 0.25) is 0 Å². The summed E-state index contributed by atoms with van der Waals surface area (Å²) in [7, 11) is 1.66. The van der Waals surface area contributed by atoms with Gasteiger partial charge in [0.15, 0.2) is 5.54 Å². The zero-order valence-electron chi connectivity index (χ0n) is 13.2. The summed E-state index contributed by atoms with van der Waals surface area (Å²) < 4.78 is 10.3. The van der Waals surface area contributed by atoms with Crippen molar-refractivity contribution < 1.29 is 14.3 Å². The molecule has 0 bridgehead atoms. The Hall–Kier alpha value is -1.43.